The number of piperazine rings is 1. The van der Waals surface area contributed by atoms with E-state index in [9.17, 15) is 9.59 Å². The monoisotopic (exact) mass is 468 g/mol. The molecular formula is C26H36N4O4. The molecule has 2 N–H and O–H groups in total. The number of amides is 2. The number of benzene rings is 2. The number of ether oxygens (including phenoxy) is 2. The number of para-hydroxylation sites is 2. The molecule has 0 radical (unpaired) electrons. The molecule has 184 valence electrons. The minimum absolute atomic E-state index is 0.0972. The van der Waals surface area contributed by atoms with E-state index in [1.54, 1.807) is 38.5 Å². The van der Waals surface area contributed by atoms with Gasteiger partial charge in [0.15, 0.2) is 0 Å². The Morgan fingerprint density at radius 1 is 0.706 bits per heavy atom. The number of hydrogen-bond acceptors (Lipinski definition) is 6. The molecule has 1 aliphatic rings. The zero-order valence-electron chi connectivity index (χ0n) is 20.2. The van der Waals surface area contributed by atoms with Crippen molar-refractivity contribution in [2.45, 2.75) is 12.8 Å². The lowest BCUT2D eigenvalue weighted by molar-refractivity contribution is 0.0931. The lowest BCUT2D eigenvalue weighted by Gasteiger charge is -2.34. The van der Waals surface area contributed by atoms with E-state index in [1.165, 1.54) is 0 Å². The Hall–Kier alpha value is -3.10. The highest BCUT2D eigenvalue weighted by atomic mass is 16.5. The number of hydrogen-bond donors (Lipinski definition) is 2. The molecule has 0 bridgehead atoms. The highest BCUT2D eigenvalue weighted by molar-refractivity contribution is 5.97. The zero-order chi connectivity index (χ0) is 24.2. The van der Waals surface area contributed by atoms with Crippen LogP contribution in [0.25, 0.3) is 0 Å². The molecule has 0 aliphatic carbocycles. The molecule has 1 heterocycles. The maximum atomic E-state index is 12.4. The van der Waals surface area contributed by atoms with Crippen molar-refractivity contribution >= 4 is 11.8 Å². The van der Waals surface area contributed by atoms with Crippen LogP contribution >= 0.6 is 0 Å². The van der Waals surface area contributed by atoms with Gasteiger partial charge in [0.2, 0.25) is 0 Å². The van der Waals surface area contributed by atoms with Crippen LogP contribution in [-0.2, 0) is 0 Å². The fraction of sp³-hybridized carbons (Fsp3) is 0.462. The standard InChI is InChI=1S/C26H36N4O4/c1-33-23-11-5-3-9-21(23)25(31)27-13-7-15-29-17-19-30(20-18-29)16-8-14-28-26(32)22-10-4-6-12-24(22)34-2/h3-6,9-12H,7-8,13-20H2,1-2H3,(H,27,31)(H,28,32). The summed E-state index contributed by atoms with van der Waals surface area (Å²) in [5, 5.41) is 5.97. The van der Waals surface area contributed by atoms with Gasteiger partial charge in [-0.3, -0.25) is 9.59 Å². The second-order valence-electron chi connectivity index (χ2n) is 8.30. The Balaban J connectivity index is 1.26. The lowest BCUT2D eigenvalue weighted by atomic mass is 10.2. The van der Waals surface area contributed by atoms with Crippen molar-refractivity contribution in [2.24, 2.45) is 0 Å². The third-order valence-corrected chi connectivity index (χ3v) is 6.04. The Bertz CT molecular complexity index is 853. The van der Waals surface area contributed by atoms with Crippen molar-refractivity contribution < 1.29 is 19.1 Å². The minimum atomic E-state index is -0.0972. The molecular weight excluding hydrogens is 432 g/mol. The predicted octanol–water partition coefficient (Wildman–Crippen LogP) is 2.26. The van der Waals surface area contributed by atoms with Gasteiger partial charge in [-0.05, 0) is 50.2 Å². The Morgan fingerprint density at radius 2 is 1.09 bits per heavy atom. The first-order chi connectivity index (χ1) is 16.6. The van der Waals surface area contributed by atoms with Gasteiger partial charge in [0.05, 0.1) is 25.3 Å². The second kappa shape index (κ2) is 13.6. The molecule has 2 aromatic rings. The summed E-state index contributed by atoms with van der Waals surface area (Å²) in [5.41, 5.74) is 1.13. The molecule has 8 heteroatoms. The third kappa shape index (κ3) is 7.46. The van der Waals surface area contributed by atoms with Crippen LogP contribution in [-0.4, -0.2) is 88.2 Å². The Morgan fingerprint density at radius 3 is 1.47 bits per heavy atom. The Labute approximate surface area is 202 Å². The molecule has 1 fully saturated rings. The van der Waals surface area contributed by atoms with Gasteiger partial charge in [0.1, 0.15) is 11.5 Å². The summed E-state index contributed by atoms with van der Waals surface area (Å²) in [4.78, 5) is 29.6. The summed E-state index contributed by atoms with van der Waals surface area (Å²) in [6, 6.07) is 14.5. The number of carbonyl (C=O) groups excluding carboxylic acids is 2. The van der Waals surface area contributed by atoms with Crippen LogP contribution in [0.5, 0.6) is 11.5 Å². The first-order valence-corrected chi connectivity index (χ1v) is 11.9. The number of carbonyl (C=O) groups is 2. The summed E-state index contributed by atoms with van der Waals surface area (Å²) < 4.78 is 10.5. The van der Waals surface area contributed by atoms with Crippen molar-refractivity contribution in [2.75, 3.05) is 66.6 Å². The fourth-order valence-corrected chi connectivity index (χ4v) is 4.10. The smallest absolute Gasteiger partial charge is 0.255 e. The average Bonchev–Trinajstić information content (AvgIpc) is 2.89. The van der Waals surface area contributed by atoms with E-state index in [1.807, 2.05) is 24.3 Å². The molecule has 0 spiro atoms. The van der Waals surface area contributed by atoms with Crippen LogP contribution in [0.1, 0.15) is 33.6 Å². The summed E-state index contributed by atoms with van der Waals surface area (Å²) in [6.45, 7) is 7.31. The van der Waals surface area contributed by atoms with Gasteiger partial charge < -0.3 is 29.9 Å². The predicted molar refractivity (Wildman–Crippen MR) is 133 cm³/mol. The maximum absolute atomic E-state index is 12.4. The normalized spacial score (nSPS) is 14.4. The number of rotatable bonds is 12. The quantitative estimate of drug-likeness (QED) is 0.465. The molecule has 0 saturated carbocycles. The van der Waals surface area contributed by atoms with Gasteiger partial charge in [-0.2, -0.15) is 0 Å². The molecule has 1 saturated heterocycles. The first kappa shape index (κ1) is 25.5. The van der Waals surface area contributed by atoms with Crippen LogP contribution in [0.2, 0.25) is 0 Å². The minimum Gasteiger partial charge on any atom is -0.496 e. The highest BCUT2D eigenvalue weighted by Gasteiger charge is 2.17. The molecule has 34 heavy (non-hydrogen) atoms. The van der Waals surface area contributed by atoms with E-state index in [2.05, 4.69) is 20.4 Å². The van der Waals surface area contributed by atoms with E-state index in [0.29, 0.717) is 35.7 Å². The van der Waals surface area contributed by atoms with Gasteiger partial charge in [-0.15, -0.1) is 0 Å². The molecule has 1 aliphatic heterocycles. The number of nitrogens with one attached hydrogen (secondary N) is 2. The maximum Gasteiger partial charge on any atom is 0.255 e. The van der Waals surface area contributed by atoms with Gasteiger partial charge >= 0.3 is 0 Å². The van der Waals surface area contributed by atoms with Crippen LogP contribution in [0, 0.1) is 0 Å². The van der Waals surface area contributed by atoms with Gasteiger partial charge in [0.25, 0.3) is 11.8 Å². The third-order valence-electron chi connectivity index (χ3n) is 6.04. The van der Waals surface area contributed by atoms with E-state index in [0.717, 1.165) is 52.1 Å². The molecule has 2 aromatic carbocycles. The van der Waals surface area contributed by atoms with E-state index < -0.39 is 0 Å². The zero-order valence-corrected chi connectivity index (χ0v) is 20.2. The number of nitrogens with zero attached hydrogens (tertiary/aromatic N) is 2. The first-order valence-electron chi connectivity index (χ1n) is 11.9. The fourth-order valence-electron chi connectivity index (χ4n) is 4.10. The van der Waals surface area contributed by atoms with Gasteiger partial charge in [-0.1, -0.05) is 24.3 Å². The second-order valence-corrected chi connectivity index (χ2v) is 8.30. The van der Waals surface area contributed by atoms with Crippen molar-refractivity contribution in [1.29, 1.82) is 0 Å². The van der Waals surface area contributed by atoms with Crippen molar-refractivity contribution in [3.8, 4) is 11.5 Å². The summed E-state index contributed by atoms with van der Waals surface area (Å²) in [5.74, 6) is 0.992. The molecule has 0 atom stereocenters. The van der Waals surface area contributed by atoms with E-state index >= 15 is 0 Å². The van der Waals surface area contributed by atoms with Gasteiger partial charge in [-0.25, -0.2) is 0 Å². The molecule has 0 unspecified atom stereocenters. The number of methoxy groups -OCH3 is 2. The summed E-state index contributed by atoms with van der Waals surface area (Å²) >= 11 is 0. The lowest BCUT2D eigenvalue weighted by Crippen LogP contribution is -2.47. The Kier molecular flexibility index (Phi) is 10.2. The average molecular weight is 469 g/mol. The summed E-state index contributed by atoms with van der Waals surface area (Å²) in [6.07, 6.45) is 1.83. The molecule has 0 aromatic heterocycles. The molecule has 8 nitrogen and oxygen atoms in total. The highest BCUT2D eigenvalue weighted by Crippen LogP contribution is 2.17. The van der Waals surface area contributed by atoms with Crippen LogP contribution in [0.15, 0.2) is 48.5 Å². The van der Waals surface area contributed by atoms with Crippen molar-refractivity contribution in [3.63, 3.8) is 0 Å². The van der Waals surface area contributed by atoms with E-state index in [4.69, 9.17) is 9.47 Å². The topological polar surface area (TPSA) is 83.1 Å². The van der Waals surface area contributed by atoms with Crippen LogP contribution in [0.4, 0.5) is 0 Å². The van der Waals surface area contributed by atoms with Crippen molar-refractivity contribution in [3.05, 3.63) is 59.7 Å². The van der Waals surface area contributed by atoms with Gasteiger partial charge in [0, 0.05) is 39.3 Å². The van der Waals surface area contributed by atoms with Crippen LogP contribution in [0.3, 0.4) is 0 Å². The molecule has 3 rings (SSSR count). The SMILES string of the molecule is COc1ccccc1C(=O)NCCCN1CCN(CCCNC(=O)c2ccccc2OC)CC1. The van der Waals surface area contributed by atoms with Crippen molar-refractivity contribution in [1.82, 2.24) is 20.4 Å². The molecule has 2 amide bonds. The van der Waals surface area contributed by atoms with E-state index in [-0.39, 0.29) is 11.8 Å². The summed E-state index contributed by atoms with van der Waals surface area (Å²) in [7, 11) is 3.15. The largest absolute Gasteiger partial charge is 0.496 e. The van der Waals surface area contributed by atoms with Crippen LogP contribution < -0.4 is 20.1 Å².